The van der Waals surface area contributed by atoms with Gasteiger partial charge in [0.25, 0.3) is 0 Å². The van der Waals surface area contributed by atoms with Gasteiger partial charge in [0.2, 0.25) is 0 Å². The van der Waals surface area contributed by atoms with Crippen LogP contribution < -0.4 is 4.74 Å². The minimum absolute atomic E-state index is 0. The SMILES string of the molecule is CCOc1ccc(C2=C(c3ccc(CC4CN(CCCF)C4)cc3)c3ccc(C(=O)O)cc3CCC2)c(C)c1.Cl. The lowest BCUT2D eigenvalue weighted by atomic mass is 9.85. The topological polar surface area (TPSA) is 49.8 Å². The summed E-state index contributed by atoms with van der Waals surface area (Å²) in [5.74, 6) is 0.619. The number of alkyl halides is 1. The zero-order chi connectivity index (χ0) is 27.4. The first-order valence-corrected chi connectivity index (χ1v) is 14.2. The van der Waals surface area contributed by atoms with Gasteiger partial charge in [-0.3, -0.25) is 4.39 Å². The molecule has 2 aliphatic rings. The van der Waals surface area contributed by atoms with Gasteiger partial charge in [0.1, 0.15) is 5.75 Å². The molecule has 0 radical (unpaired) electrons. The fraction of sp³-hybridized carbons (Fsp3) is 0.382. The van der Waals surface area contributed by atoms with Crippen molar-refractivity contribution < 1.29 is 19.0 Å². The Balaban J connectivity index is 0.00000370. The van der Waals surface area contributed by atoms with Gasteiger partial charge in [0.05, 0.1) is 18.8 Å². The highest BCUT2D eigenvalue weighted by Crippen LogP contribution is 2.41. The molecule has 4 nitrogen and oxygen atoms in total. The number of ether oxygens (including phenoxy) is 1. The first-order valence-electron chi connectivity index (χ1n) is 14.2. The van der Waals surface area contributed by atoms with Crippen LogP contribution in [0.25, 0.3) is 11.1 Å². The number of fused-ring (bicyclic) bond motifs is 1. The summed E-state index contributed by atoms with van der Waals surface area (Å²) < 4.78 is 18.2. The molecule has 1 aliphatic heterocycles. The molecule has 0 unspecified atom stereocenters. The molecule has 1 saturated heterocycles. The van der Waals surface area contributed by atoms with Crippen LogP contribution in [0.3, 0.4) is 0 Å². The van der Waals surface area contributed by atoms with E-state index in [1.54, 1.807) is 6.07 Å². The third-order valence-corrected chi connectivity index (χ3v) is 8.04. The maximum Gasteiger partial charge on any atom is 0.335 e. The monoisotopic (exact) mass is 563 g/mol. The summed E-state index contributed by atoms with van der Waals surface area (Å²) in [6, 6.07) is 20.9. The highest BCUT2D eigenvalue weighted by molar-refractivity contribution is 6.01. The Morgan fingerprint density at radius 2 is 1.77 bits per heavy atom. The van der Waals surface area contributed by atoms with Crippen molar-refractivity contribution in [3.05, 3.63) is 99.6 Å². The van der Waals surface area contributed by atoms with Crippen LogP contribution in [-0.4, -0.2) is 48.9 Å². The third-order valence-electron chi connectivity index (χ3n) is 8.04. The summed E-state index contributed by atoms with van der Waals surface area (Å²) in [6.07, 6.45) is 4.38. The fourth-order valence-corrected chi connectivity index (χ4v) is 6.16. The van der Waals surface area contributed by atoms with Crippen LogP contribution in [0.1, 0.15) is 69.9 Å². The maximum absolute atomic E-state index is 12.5. The minimum atomic E-state index is -0.890. The van der Waals surface area contributed by atoms with Crippen LogP contribution in [0.2, 0.25) is 0 Å². The number of rotatable bonds is 10. The van der Waals surface area contributed by atoms with E-state index in [2.05, 4.69) is 48.2 Å². The average molecular weight is 564 g/mol. The van der Waals surface area contributed by atoms with Gasteiger partial charge in [-0.25, -0.2) is 4.79 Å². The zero-order valence-corrected chi connectivity index (χ0v) is 24.2. The van der Waals surface area contributed by atoms with E-state index in [0.29, 0.717) is 24.5 Å². The number of carboxylic acid groups (broad SMARTS) is 1. The van der Waals surface area contributed by atoms with Gasteiger partial charge >= 0.3 is 5.97 Å². The van der Waals surface area contributed by atoms with Gasteiger partial charge in [0.15, 0.2) is 0 Å². The summed E-state index contributed by atoms with van der Waals surface area (Å²) in [5, 5.41) is 9.62. The van der Waals surface area contributed by atoms with E-state index in [1.807, 2.05) is 25.1 Å². The number of hydrogen-bond acceptors (Lipinski definition) is 3. The molecule has 3 aromatic carbocycles. The van der Waals surface area contributed by atoms with Gasteiger partial charge in [0, 0.05) is 19.6 Å². The average Bonchev–Trinajstić information content (AvgIpc) is 3.09. The summed E-state index contributed by atoms with van der Waals surface area (Å²) in [6.45, 7) is 7.49. The molecule has 40 heavy (non-hydrogen) atoms. The highest BCUT2D eigenvalue weighted by atomic mass is 35.5. The van der Waals surface area contributed by atoms with Crippen LogP contribution in [0.5, 0.6) is 5.75 Å². The van der Waals surface area contributed by atoms with Crippen molar-refractivity contribution >= 4 is 29.5 Å². The quantitative estimate of drug-likeness (QED) is 0.275. The summed E-state index contributed by atoms with van der Waals surface area (Å²) in [4.78, 5) is 14.1. The number of halogens is 2. The molecule has 1 heterocycles. The van der Waals surface area contributed by atoms with E-state index in [4.69, 9.17) is 4.74 Å². The normalized spacial score (nSPS) is 15.6. The molecule has 6 heteroatoms. The Morgan fingerprint density at radius 3 is 2.45 bits per heavy atom. The summed E-state index contributed by atoms with van der Waals surface area (Å²) in [7, 11) is 0. The molecular formula is C34H39ClFNO3. The van der Waals surface area contributed by atoms with E-state index in [9.17, 15) is 14.3 Å². The molecule has 0 bridgehead atoms. The van der Waals surface area contributed by atoms with E-state index < -0.39 is 5.97 Å². The van der Waals surface area contributed by atoms with Gasteiger partial charge in [-0.05, 0) is 121 Å². The number of carbonyl (C=O) groups is 1. The first kappa shape index (κ1) is 29.8. The Morgan fingerprint density at radius 1 is 1.02 bits per heavy atom. The van der Waals surface area contributed by atoms with Gasteiger partial charge in [-0.15, -0.1) is 12.4 Å². The Labute approximate surface area is 243 Å². The first-order chi connectivity index (χ1) is 19.0. The molecule has 0 aromatic heterocycles. The van der Waals surface area contributed by atoms with Crippen LogP contribution in [0, 0.1) is 12.8 Å². The maximum atomic E-state index is 12.5. The number of hydrogen-bond donors (Lipinski definition) is 1. The number of likely N-dealkylation sites (tertiary alicyclic amines) is 1. The second kappa shape index (κ2) is 13.5. The molecule has 3 aromatic rings. The van der Waals surface area contributed by atoms with Gasteiger partial charge in [-0.2, -0.15) is 0 Å². The van der Waals surface area contributed by atoms with Crippen molar-refractivity contribution in [3.63, 3.8) is 0 Å². The van der Waals surface area contributed by atoms with E-state index in [1.165, 1.54) is 27.8 Å². The number of aryl methyl sites for hydroxylation is 2. The molecular weight excluding hydrogens is 525 g/mol. The number of aromatic carboxylic acids is 1. The Hall–Kier alpha value is -3.15. The molecule has 1 fully saturated rings. The third kappa shape index (κ3) is 6.59. The number of nitrogens with zero attached hydrogens (tertiary/aromatic N) is 1. The largest absolute Gasteiger partial charge is 0.494 e. The molecule has 1 aliphatic carbocycles. The molecule has 1 N–H and O–H groups in total. The highest BCUT2D eigenvalue weighted by Gasteiger charge is 2.26. The lowest BCUT2D eigenvalue weighted by molar-refractivity contribution is 0.0696. The van der Waals surface area contributed by atoms with Gasteiger partial charge < -0.3 is 14.7 Å². The second-order valence-electron chi connectivity index (χ2n) is 10.9. The van der Waals surface area contributed by atoms with Crippen molar-refractivity contribution in [2.75, 3.05) is 32.9 Å². The lowest BCUT2D eigenvalue weighted by Crippen LogP contribution is -2.47. The Kier molecular flexibility index (Phi) is 10.0. The minimum Gasteiger partial charge on any atom is -0.494 e. The number of allylic oxidation sites excluding steroid dienone is 1. The van der Waals surface area contributed by atoms with Crippen LogP contribution in [0.4, 0.5) is 4.39 Å². The van der Waals surface area contributed by atoms with Gasteiger partial charge in [-0.1, -0.05) is 36.4 Å². The predicted molar refractivity (Wildman–Crippen MR) is 163 cm³/mol. The smallest absolute Gasteiger partial charge is 0.335 e. The van der Waals surface area contributed by atoms with Crippen LogP contribution in [-0.2, 0) is 12.8 Å². The molecule has 0 saturated carbocycles. The van der Waals surface area contributed by atoms with Crippen LogP contribution in [0.15, 0.2) is 60.7 Å². The van der Waals surface area contributed by atoms with Crippen molar-refractivity contribution in [1.29, 1.82) is 0 Å². The van der Waals surface area contributed by atoms with Crippen molar-refractivity contribution in [2.45, 2.75) is 46.0 Å². The van der Waals surface area contributed by atoms with E-state index in [-0.39, 0.29) is 19.1 Å². The summed E-state index contributed by atoms with van der Waals surface area (Å²) >= 11 is 0. The van der Waals surface area contributed by atoms with Crippen molar-refractivity contribution in [3.8, 4) is 5.75 Å². The predicted octanol–water partition coefficient (Wildman–Crippen LogP) is 7.64. The summed E-state index contributed by atoms with van der Waals surface area (Å²) in [5.41, 5.74) is 9.92. The zero-order valence-electron chi connectivity index (χ0n) is 23.4. The molecule has 212 valence electrons. The molecule has 0 amide bonds. The van der Waals surface area contributed by atoms with Crippen LogP contribution >= 0.6 is 12.4 Å². The van der Waals surface area contributed by atoms with E-state index in [0.717, 1.165) is 67.8 Å². The van der Waals surface area contributed by atoms with E-state index >= 15 is 0 Å². The standard InChI is InChI=1S/C34H38FNO3.ClH/c1-3-39-29-13-15-30(23(2)18-29)32-7-4-6-27-20-28(34(37)38)12-14-31(27)33(32)26-10-8-24(9-11-26)19-25-21-36(22-25)17-5-16-35;/h8-15,18,20,25H,3-7,16-17,19,21-22H2,1-2H3,(H,37,38);1H. The number of carboxylic acids is 1. The molecule has 0 spiro atoms. The second-order valence-corrected chi connectivity index (χ2v) is 10.9. The van der Waals surface area contributed by atoms with Crippen molar-refractivity contribution in [1.82, 2.24) is 4.90 Å². The fourth-order valence-electron chi connectivity index (χ4n) is 6.16. The Bertz CT molecular complexity index is 1360. The van der Waals surface area contributed by atoms with Crippen molar-refractivity contribution in [2.24, 2.45) is 5.92 Å². The molecule has 0 atom stereocenters. The molecule has 5 rings (SSSR count). The lowest BCUT2D eigenvalue weighted by Gasteiger charge is -2.39. The number of benzene rings is 3.